The van der Waals surface area contributed by atoms with E-state index in [1.54, 1.807) is 6.07 Å². The molecule has 2 aliphatic rings. The summed E-state index contributed by atoms with van der Waals surface area (Å²) in [5.74, 6) is -1.72. The maximum Gasteiger partial charge on any atom is 0.250 e. The van der Waals surface area contributed by atoms with Crippen molar-refractivity contribution >= 4 is 17.3 Å². The van der Waals surface area contributed by atoms with Gasteiger partial charge in [0, 0.05) is 18.3 Å². The minimum atomic E-state index is -0.888. The molecule has 1 aromatic carbocycles. The molecule has 136 valence electrons. The van der Waals surface area contributed by atoms with Gasteiger partial charge in [-0.2, -0.15) is 0 Å². The Kier molecular flexibility index (Phi) is 5.27. The standard InChI is InChI=1S/C19H20F2N4O/c20-14-6-13(18(22)15(8-14)19(23)26)10-25-17-4-3-11(7-16(17)21)12-2-1-5-24-9-12/h3-4,6-8,10,12,22,24-25H,1-2,5,9H2,(H2,23,26)/b13-10-,22-18?. The van der Waals surface area contributed by atoms with Crippen molar-refractivity contribution in [2.24, 2.45) is 5.73 Å². The number of carbonyl (C=O) groups excluding carboxylic acids is 1. The van der Waals surface area contributed by atoms with Crippen molar-refractivity contribution in [3.63, 3.8) is 0 Å². The first-order valence-electron chi connectivity index (χ1n) is 8.40. The van der Waals surface area contributed by atoms with Gasteiger partial charge in [0.2, 0.25) is 0 Å². The number of halogens is 2. The largest absolute Gasteiger partial charge is 0.366 e. The van der Waals surface area contributed by atoms with Crippen LogP contribution < -0.4 is 16.4 Å². The summed E-state index contributed by atoms with van der Waals surface area (Å²) in [7, 11) is 0. The molecule has 1 saturated heterocycles. The Morgan fingerprint density at radius 2 is 2.15 bits per heavy atom. The molecule has 0 saturated carbocycles. The van der Waals surface area contributed by atoms with Crippen molar-refractivity contribution in [3.05, 3.63) is 64.9 Å². The number of carbonyl (C=O) groups is 1. The van der Waals surface area contributed by atoms with Crippen LogP contribution in [0.25, 0.3) is 0 Å². The highest BCUT2D eigenvalue weighted by atomic mass is 19.1. The average molecular weight is 358 g/mol. The number of hydrogen-bond acceptors (Lipinski definition) is 4. The van der Waals surface area contributed by atoms with Gasteiger partial charge in [0.15, 0.2) is 0 Å². The number of benzene rings is 1. The Bertz CT molecular complexity index is 836. The van der Waals surface area contributed by atoms with E-state index in [0.29, 0.717) is 0 Å². The van der Waals surface area contributed by atoms with E-state index in [4.69, 9.17) is 11.1 Å². The van der Waals surface area contributed by atoms with E-state index in [1.165, 1.54) is 12.3 Å². The zero-order valence-electron chi connectivity index (χ0n) is 14.1. The van der Waals surface area contributed by atoms with E-state index in [2.05, 4.69) is 10.6 Å². The van der Waals surface area contributed by atoms with Crippen LogP contribution in [0.1, 0.15) is 24.3 Å². The monoisotopic (exact) mass is 358 g/mol. The molecule has 1 heterocycles. The molecule has 0 spiro atoms. The second kappa shape index (κ2) is 7.61. The summed E-state index contributed by atoms with van der Waals surface area (Å²) >= 11 is 0. The van der Waals surface area contributed by atoms with E-state index < -0.39 is 17.6 Å². The van der Waals surface area contributed by atoms with Crippen LogP contribution in [-0.2, 0) is 4.79 Å². The third kappa shape index (κ3) is 3.88. The minimum Gasteiger partial charge on any atom is -0.366 e. The number of anilines is 1. The molecule has 1 unspecified atom stereocenters. The Morgan fingerprint density at radius 1 is 1.35 bits per heavy atom. The highest BCUT2D eigenvalue weighted by molar-refractivity contribution is 6.28. The Hall–Kier alpha value is -2.80. The van der Waals surface area contributed by atoms with Crippen LogP contribution in [0.5, 0.6) is 0 Å². The minimum absolute atomic E-state index is 0.110. The molecule has 26 heavy (non-hydrogen) atoms. The molecule has 5 N–H and O–H groups in total. The summed E-state index contributed by atoms with van der Waals surface area (Å²) in [6.07, 6.45) is 5.37. The number of nitrogens with one attached hydrogen (secondary N) is 3. The summed E-state index contributed by atoms with van der Waals surface area (Å²) in [4.78, 5) is 11.3. The molecule has 5 nitrogen and oxygen atoms in total. The summed E-state index contributed by atoms with van der Waals surface area (Å²) in [5, 5.41) is 14.0. The van der Waals surface area contributed by atoms with Crippen molar-refractivity contribution in [1.82, 2.24) is 5.32 Å². The molecule has 0 aromatic heterocycles. The van der Waals surface area contributed by atoms with Crippen molar-refractivity contribution in [2.45, 2.75) is 18.8 Å². The lowest BCUT2D eigenvalue weighted by atomic mass is 9.91. The maximum absolute atomic E-state index is 14.4. The van der Waals surface area contributed by atoms with Crippen LogP contribution in [-0.4, -0.2) is 24.7 Å². The van der Waals surface area contributed by atoms with Crippen LogP contribution in [0.4, 0.5) is 14.5 Å². The van der Waals surface area contributed by atoms with Crippen molar-refractivity contribution in [2.75, 3.05) is 18.4 Å². The third-order valence-electron chi connectivity index (χ3n) is 4.54. The molecule has 3 rings (SSSR count). The Balaban J connectivity index is 1.77. The number of allylic oxidation sites excluding steroid dienone is 4. The fourth-order valence-corrected chi connectivity index (χ4v) is 3.13. The predicted molar refractivity (Wildman–Crippen MR) is 97.1 cm³/mol. The van der Waals surface area contributed by atoms with Gasteiger partial charge in [-0.3, -0.25) is 10.2 Å². The number of piperidine rings is 1. The Labute approximate surface area is 150 Å². The fraction of sp³-hybridized carbons (Fsp3) is 0.263. The second-order valence-corrected chi connectivity index (χ2v) is 6.35. The van der Waals surface area contributed by atoms with Crippen molar-refractivity contribution < 1.29 is 13.6 Å². The first-order chi connectivity index (χ1) is 12.5. The number of hydrogen-bond donors (Lipinski definition) is 4. The summed E-state index contributed by atoms with van der Waals surface area (Å²) < 4.78 is 28.0. The van der Waals surface area contributed by atoms with Gasteiger partial charge in [0.05, 0.1) is 17.0 Å². The van der Waals surface area contributed by atoms with Crippen LogP contribution in [0.2, 0.25) is 0 Å². The summed E-state index contributed by atoms with van der Waals surface area (Å²) in [5.41, 5.74) is 5.96. The van der Waals surface area contributed by atoms with E-state index in [0.717, 1.165) is 43.6 Å². The lowest BCUT2D eigenvalue weighted by Crippen LogP contribution is -2.28. The van der Waals surface area contributed by atoms with E-state index in [9.17, 15) is 13.6 Å². The van der Waals surface area contributed by atoms with Gasteiger partial charge in [0.25, 0.3) is 5.91 Å². The van der Waals surface area contributed by atoms with Crippen LogP contribution in [0, 0.1) is 11.2 Å². The lowest BCUT2D eigenvalue weighted by molar-refractivity contribution is -0.114. The third-order valence-corrected chi connectivity index (χ3v) is 4.54. The molecule has 0 radical (unpaired) electrons. The van der Waals surface area contributed by atoms with Crippen LogP contribution in [0.3, 0.4) is 0 Å². The number of amides is 1. The van der Waals surface area contributed by atoms with Crippen LogP contribution in [0.15, 0.2) is 53.5 Å². The predicted octanol–water partition coefficient (Wildman–Crippen LogP) is 2.89. The molecule has 1 aliphatic heterocycles. The first kappa shape index (κ1) is 18.0. The Morgan fingerprint density at radius 3 is 2.81 bits per heavy atom. The van der Waals surface area contributed by atoms with E-state index >= 15 is 0 Å². The van der Waals surface area contributed by atoms with Crippen molar-refractivity contribution in [1.29, 1.82) is 5.41 Å². The smallest absolute Gasteiger partial charge is 0.250 e. The summed E-state index contributed by atoms with van der Waals surface area (Å²) in [6, 6.07) is 4.97. The molecular formula is C19H20F2N4O. The maximum atomic E-state index is 14.4. The fourth-order valence-electron chi connectivity index (χ4n) is 3.13. The molecule has 7 heteroatoms. The van der Waals surface area contributed by atoms with Gasteiger partial charge in [-0.25, -0.2) is 8.78 Å². The quantitative estimate of drug-likeness (QED) is 0.667. The molecule has 0 bridgehead atoms. The van der Waals surface area contributed by atoms with E-state index in [-0.39, 0.29) is 28.5 Å². The zero-order chi connectivity index (χ0) is 18.7. The number of nitrogens with two attached hydrogens (primary N) is 1. The molecule has 1 amide bonds. The van der Waals surface area contributed by atoms with Gasteiger partial charge in [0.1, 0.15) is 11.6 Å². The lowest BCUT2D eigenvalue weighted by Gasteiger charge is -2.23. The van der Waals surface area contributed by atoms with Crippen molar-refractivity contribution in [3.8, 4) is 0 Å². The first-order valence-corrected chi connectivity index (χ1v) is 8.40. The molecule has 1 fully saturated rings. The van der Waals surface area contributed by atoms with Gasteiger partial charge in [-0.05, 0) is 55.2 Å². The molecule has 1 aromatic rings. The normalized spacial score (nSPS) is 22.0. The second-order valence-electron chi connectivity index (χ2n) is 6.35. The highest BCUT2D eigenvalue weighted by Gasteiger charge is 2.20. The molecule has 1 aliphatic carbocycles. The number of rotatable bonds is 4. The molecular weight excluding hydrogens is 338 g/mol. The van der Waals surface area contributed by atoms with Gasteiger partial charge >= 0.3 is 0 Å². The highest BCUT2D eigenvalue weighted by Crippen LogP contribution is 2.27. The van der Waals surface area contributed by atoms with E-state index in [1.807, 2.05) is 6.07 Å². The number of primary amides is 1. The summed E-state index contributed by atoms with van der Waals surface area (Å²) in [6.45, 7) is 1.82. The molecule has 1 atom stereocenters. The SMILES string of the molecule is N=C1C(C(N)=O)=CC(F)=C/C1=C/Nc1ccc(C2CCCNC2)cc1F. The average Bonchev–Trinajstić information content (AvgIpc) is 2.63. The van der Waals surface area contributed by atoms with Crippen LogP contribution >= 0.6 is 0 Å². The zero-order valence-corrected chi connectivity index (χ0v) is 14.1. The van der Waals surface area contributed by atoms with Gasteiger partial charge in [-0.15, -0.1) is 0 Å². The van der Waals surface area contributed by atoms with Gasteiger partial charge < -0.3 is 16.4 Å². The van der Waals surface area contributed by atoms with Gasteiger partial charge in [-0.1, -0.05) is 6.07 Å². The topological polar surface area (TPSA) is 91.0 Å².